The lowest BCUT2D eigenvalue weighted by Crippen LogP contribution is -2.08. The van der Waals surface area contributed by atoms with Gasteiger partial charge in [0.05, 0.1) is 16.4 Å². The zero-order valence-electron chi connectivity index (χ0n) is 9.10. The second-order valence-electron chi connectivity index (χ2n) is 3.71. The molecule has 0 radical (unpaired) electrons. The van der Waals surface area contributed by atoms with Crippen LogP contribution in [0.2, 0.25) is 0 Å². The number of benzene rings is 1. The van der Waals surface area contributed by atoms with Gasteiger partial charge in [-0.3, -0.25) is 0 Å². The van der Waals surface area contributed by atoms with Crippen LogP contribution in [0.3, 0.4) is 0 Å². The molecule has 0 aliphatic rings. The molecule has 2 rings (SSSR count). The van der Waals surface area contributed by atoms with Crippen molar-refractivity contribution in [2.24, 2.45) is 5.73 Å². The second kappa shape index (κ2) is 4.80. The second-order valence-corrected chi connectivity index (χ2v) is 4.63. The van der Waals surface area contributed by atoms with E-state index < -0.39 is 0 Å². The van der Waals surface area contributed by atoms with Gasteiger partial charge in [0.1, 0.15) is 0 Å². The van der Waals surface area contributed by atoms with Crippen molar-refractivity contribution in [1.29, 1.82) is 0 Å². The first-order valence-corrected chi connectivity index (χ1v) is 6.06. The van der Waals surface area contributed by atoms with Gasteiger partial charge in [-0.05, 0) is 40.0 Å². The molecule has 0 aliphatic heterocycles. The molecule has 0 fully saturated rings. The molecule has 3 nitrogen and oxygen atoms in total. The van der Waals surface area contributed by atoms with Crippen LogP contribution in [0, 0.1) is 0 Å². The number of rotatable bonds is 3. The van der Waals surface area contributed by atoms with E-state index in [0.29, 0.717) is 0 Å². The molecule has 0 spiro atoms. The zero-order valence-corrected chi connectivity index (χ0v) is 10.7. The lowest BCUT2D eigenvalue weighted by atomic mass is 10.1. The topological polar surface area (TPSA) is 43.8 Å². The minimum Gasteiger partial charge on any atom is -0.324 e. The summed E-state index contributed by atoms with van der Waals surface area (Å²) >= 11 is 3.37. The summed E-state index contributed by atoms with van der Waals surface area (Å²) in [5, 5.41) is 4.22. The van der Waals surface area contributed by atoms with E-state index in [2.05, 4.69) is 40.1 Å². The summed E-state index contributed by atoms with van der Waals surface area (Å²) in [7, 11) is 0. The Kier molecular flexibility index (Phi) is 3.41. The number of hydrogen-bond acceptors (Lipinski definition) is 2. The van der Waals surface area contributed by atoms with Crippen LogP contribution >= 0.6 is 15.9 Å². The molecule has 1 atom stereocenters. The number of nitrogens with zero attached hydrogens (tertiary/aromatic N) is 2. The van der Waals surface area contributed by atoms with Crippen LogP contribution in [0.5, 0.6) is 0 Å². The van der Waals surface area contributed by atoms with E-state index >= 15 is 0 Å². The fourth-order valence-electron chi connectivity index (χ4n) is 1.55. The third-order valence-corrected chi connectivity index (χ3v) is 2.99. The third kappa shape index (κ3) is 2.33. The van der Waals surface area contributed by atoms with Gasteiger partial charge in [-0.1, -0.05) is 19.1 Å². The predicted molar refractivity (Wildman–Crippen MR) is 68.5 cm³/mol. The van der Waals surface area contributed by atoms with Crippen LogP contribution < -0.4 is 5.73 Å². The Bertz CT molecular complexity index is 461. The normalized spacial score (nSPS) is 12.7. The highest BCUT2D eigenvalue weighted by Gasteiger charge is 2.03. The Balaban J connectivity index is 2.25. The summed E-state index contributed by atoms with van der Waals surface area (Å²) in [5.41, 5.74) is 8.16. The molecule has 0 unspecified atom stereocenters. The average Bonchev–Trinajstić information content (AvgIpc) is 2.75. The first kappa shape index (κ1) is 11.4. The Morgan fingerprint density at radius 3 is 2.56 bits per heavy atom. The molecular formula is C12H14BrN3. The van der Waals surface area contributed by atoms with E-state index in [-0.39, 0.29) is 6.04 Å². The van der Waals surface area contributed by atoms with Crippen molar-refractivity contribution < 1.29 is 0 Å². The summed E-state index contributed by atoms with van der Waals surface area (Å²) in [4.78, 5) is 0. The van der Waals surface area contributed by atoms with Gasteiger partial charge in [0.15, 0.2) is 0 Å². The molecule has 0 saturated carbocycles. The van der Waals surface area contributed by atoms with Crippen molar-refractivity contribution in [2.75, 3.05) is 0 Å². The molecular weight excluding hydrogens is 266 g/mol. The predicted octanol–water partition coefficient (Wildman–Crippen LogP) is 3.04. The van der Waals surface area contributed by atoms with Crippen molar-refractivity contribution in [3.8, 4) is 5.69 Å². The van der Waals surface area contributed by atoms with Crippen molar-refractivity contribution >= 4 is 15.9 Å². The van der Waals surface area contributed by atoms with Crippen molar-refractivity contribution in [1.82, 2.24) is 9.78 Å². The maximum atomic E-state index is 5.96. The summed E-state index contributed by atoms with van der Waals surface area (Å²) in [6, 6.07) is 8.30. The highest BCUT2D eigenvalue weighted by Crippen LogP contribution is 2.17. The number of aromatic nitrogens is 2. The zero-order chi connectivity index (χ0) is 11.5. The van der Waals surface area contributed by atoms with Gasteiger partial charge >= 0.3 is 0 Å². The fraction of sp³-hybridized carbons (Fsp3) is 0.250. The molecule has 1 aromatic heterocycles. The van der Waals surface area contributed by atoms with E-state index in [4.69, 9.17) is 5.73 Å². The first-order chi connectivity index (χ1) is 7.70. The molecule has 1 aromatic carbocycles. The maximum Gasteiger partial charge on any atom is 0.0646 e. The van der Waals surface area contributed by atoms with E-state index in [1.54, 1.807) is 6.20 Å². The molecule has 2 N–H and O–H groups in total. The largest absolute Gasteiger partial charge is 0.324 e. The Labute approximate surface area is 103 Å². The molecule has 0 saturated heterocycles. The van der Waals surface area contributed by atoms with Gasteiger partial charge in [-0.15, -0.1) is 0 Å². The summed E-state index contributed by atoms with van der Waals surface area (Å²) < 4.78 is 2.80. The first-order valence-electron chi connectivity index (χ1n) is 5.27. The molecule has 1 heterocycles. The molecule has 16 heavy (non-hydrogen) atoms. The monoisotopic (exact) mass is 279 g/mol. The van der Waals surface area contributed by atoms with E-state index in [1.807, 2.05) is 23.0 Å². The molecule has 4 heteroatoms. The van der Waals surface area contributed by atoms with Crippen LogP contribution in [0.4, 0.5) is 0 Å². The Morgan fingerprint density at radius 2 is 2.06 bits per heavy atom. The average molecular weight is 280 g/mol. The van der Waals surface area contributed by atoms with E-state index in [0.717, 1.165) is 22.1 Å². The number of nitrogens with two attached hydrogens (primary N) is 1. The Morgan fingerprint density at radius 1 is 1.38 bits per heavy atom. The summed E-state index contributed by atoms with van der Waals surface area (Å²) in [6.45, 7) is 2.09. The minimum atomic E-state index is 0.124. The van der Waals surface area contributed by atoms with E-state index in [9.17, 15) is 0 Å². The van der Waals surface area contributed by atoms with Gasteiger partial charge in [-0.25, -0.2) is 4.68 Å². The van der Waals surface area contributed by atoms with Crippen LogP contribution in [0.15, 0.2) is 41.1 Å². The summed E-state index contributed by atoms with van der Waals surface area (Å²) in [5.74, 6) is 0. The molecule has 0 aliphatic carbocycles. The number of hydrogen-bond donors (Lipinski definition) is 1. The van der Waals surface area contributed by atoms with Crippen molar-refractivity contribution in [2.45, 2.75) is 19.4 Å². The lowest BCUT2D eigenvalue weighted by Gasteiger charge is -2.09. The SMILES string of the molecule is CC[C@H](N)c1ccc(-n2cc(Br)cn2)cc1. The minimum absolute atomic E-state index is 0.124. The van der Waals surface area contributed by atoms with Gasteiger partial charge in [0.2, 0.25) is 0 Å². The van der Waals surface area contributed by atoms with Crippen LogP contribution in [-0.4, -0.2) is 9.78 Å². The quantitative estimate of drug-likeness (QED) is 0.939. The van der Waals surface area contributed by atoms with Crippen LogP contribution in [-0.2, 0) is 0 Å². The Hall–Kier alpha value is -1.13. The van der Waals surface area contributed by atoms with E-state index in [1.165, 1.54) is 0 Å². The smallest absolute Gasteiger partial charge is 0.0646 e. The highest BCUT2D eigenvalue weighted by atomic mass is 79.9. The van der Waals surface area contributed by atoms with Gasteiger partial charge in [0.25, 0.3) is 0 Å². The maximum absolute atomic E-state index is 5.96. The van der Waals surface area contributed by atoms with Crippen LogP contribution in [0.1, 0.15) is 24.9 Å². The molecule has 0 amide bonds. The third-order valence-electron chi connectivity index (χ3n) is 2.58. The number of halogens is 1. The van der Waals surface area contributed by atoms with Gasteiger partial charge < -0.3 is 5.73 Å². The van der Waals surface area contributed by atoms with Crippen molar-refractivity contribution in [3.63, 3.8) is 0 Å². The molecule has 2 aromatic rings. The van der Waals surface area contributed by atoms with Gasteiger partial charge in [-0.2, -0.15) is 5.10 Å². The lowest BCUT2D eigenvalue weighted by molar-refractivity contribution is 0.698. The molecule has 0 bridgehead atoms. The standard InChI is InChI=1S/C12H14BrN3/c1-2-12(14)9-3-5-11(6-4-9)16-8-10(13)7-15-16/h3-8,12H,2,14H2,1H3/t12-/m0/s1. The highest BCUT2D eigenvalue weighted by molar-refractivity contribution is 9.10. The summed E-state index contributed by atoms with van der Waals surface area (Å²) in [6.07, 6.45) is 4.65. The fourth-order valence-corrected chi connectivity index (χ4v) is 1.84. The molecule has 84 valence electrons. The van der Waals surface area contributed by atoms with Gasteiger partial charge in [0, 0.05) is 12.2 Å². The van der Waals surface area contributed by atoms with Crippen molar-refractivity contribution in [3.05, 3.63) is 46.7 Å². The van der Waals surface area contributed by atoms with Crippen LogP contribution in [0.25, 0.3) is 5.69 Å².